The average molecular weight is 245 g/mol. The van der Waals surface area contributed by atoms with Crippen molar-refractivity contribution >= 4 is 0 Å². The van der Waals surface area contributed by atoms with Crippen molar-refractivity contribution < 1.29 is 0 Å². The van der Waals surface area contributed by atoms with Gasteiger partial charge in [0.15, 0.2) is 0 Å². The summed E-state index contributed by atoms with van der Waals surface area (Å²) < 4.78 is 0. The van der Waals surface area contributed by atoms with E-state index in [1.54, 1.807) is 0 Å². The van der Waals surface area contributed by atoms with Gasteiger partial charge in [-0.2, -0.15) is 0 Å². The molecule has 2 aliphatic rings. The lowest BCUT2D eigenvalue weighted by Crippen LogP contribution is -2.45. The van der Waals surface area contributed by atoms with Crippen LogP contribution in [-0.2, 0) is 6.42 Å². The number of hydrazine groups is 1. The van der Waals surface area contributed by atoms with Crippen LogP contribution in [0, 0.1) is 11.8 Å². The first-order chi connectivity index (χ1) is 8.81. The third-order valence-corrected chi connectivity index (χ3v) is 5.02. The number of hydrogen-bond acceptors (Lipinski definition) is 3. The normalized spacial score (nSPS) is 32.4. The summed E-state index contributed by atoms with van der Waals surface area (Å²) in [4.78, 5) is 4.61. The molecule has 0 spiro atoms. The zero-order chi connectivity index (χ0) is 12.5. The first kappa shape index (κ1) is 12.1. The van der Waals surface area contributed by atoms with E-state index >= 15 is 0 Å². The minimum atomic E-state index is 0.402. The van der Waals surface area contributed by atoms with Crippen LogP contribution in [0.25, 0.3) is 0 Å². The SMILES string of the molecule is CC1CCCC1C(NN)C1CCc2cccnc21. The second-order valence-electron chi connectivity index (χ2n) is 5.96. The molecule has 3 heteroatoms. The van der Waals surface area contributed by atoms with Gasteiger partial charge in [-0.3, -0.25) is 16.3 Å². The van der Waals surface area contributed by atoms with Gasteiger partial charge >= 0.3 is 0 Å². The molecule has 4 atom stereocenters. The summed E-state index contributed by atoms with van der Waals surface area (Å²) in [5.41, 5.74) is 5.83. The lowest BCUT2D eigenvalue weighted by atomic mass is 9.81. The smallest absolute Gasteiger partial charge is 0.0482 e. The van der Waals surface area contributed by atoms with E-state index in [1.165, 1.54) is 36.9 Å². The highest BCUT2D eigenvalue weighted by Crippen LogP contribution is 2.42. The Bertz CT molecular complexity index is 418. The van der Waals surface area contributed by atoms with Crippen LogP contribution in [-0.4, -0.2) is 11.0 Å². The van der Waals surface area contributed by atoms with E-state index in [-0.39, 0.29) is 0 Å². The average Bonchev–Trinajstić information content (AvgIpc) is 2.99. The van der Waals surface area contributed by atoms with Crippen LogP contribution in [0.1, 0.15) is 49.8 Å². The zero-order valence-corrected chi connectivity index (χ0v) is 11.1. The second kappa shape index (κ2) is 4.98. The Morgan fingerprint density at radius 3 is 3.00 bits per heavy atom. The summed E-state index contributed by atoms with van der Waals surface area (Å²) in [5.74, 6) is 7.89. The molecule has 3 rings (SSSR count). The second-order valence-corrected chi connectivity index (χ2v) is 5.96. The van der Waals surface area contributed by atoms with Gasteiger partial charge in [-0.05, 0) is 42.7 Å². The maximum absolute atomic E-state index is 5.87. The van der Waals surface area contributed by atoms with Gasteiger partial charge in [0, 0.05) is 23.9 Å². The van der Waals surface area contributed by atoms with E-state index in [0.717, 1.165) is 12.3 Å². The van der Waals surface area contributed by atoms with Gasteiger partial charge in [0.05, 0.1) is 0 Å². The Balaban J connectivity index is 1.85. The Labute approximate surface area is 109 Å². The minimum Gasteiger partial charge on any atom is -0.271 e. The summed E-state index contributed by atoms with van der Waals surface area (Å²) in [6.45, 7) is 2.37. The molecule has 3 N–H and O–H groups in total. The molecule has 1 heterocycles. The molecule has 0 aromatic carbocycles. The van der Waals surface area contributed by atoms with Crippen LogP contribution < -0.4 is 11.3 Å². The van der Waals surface area contributed by atoms with Crippen molar-refractivity contribution in [2.45, 2.75) is 51.0 Å². The van der Waals surface area contributed by atoms with Crippen molar-refractivity contribution in [3.8, 4) is 0 Å². The Morgan fingerprint density at radius 1 is 1.39 bits per heavy atom. The molecule has 0 saturated heterocycles. The van der Waals surface area contributed by atoms with Gasteiger partial charge in [-0.25, -0.2) is 0 Å². The number of aryl methyl sites for hydroxylation is 1. The molecule has 2 aliphatic carbocycles. The summed E-state index contributed by atoms with van der Waals surface area (Å²) >= 11 is 0. The monoisotopic (exact) mass is 245 g/mol. The van der Waals surface area contributed by atoms with Crippen LogP contribution in [0.4, 0.5) is 0 Å². The molecule has 0 bridgehead atoms. The number of nitrogens with zero attached hydrogens (tertiary/aromatic N) is 1. The van der Waals surface area contributed by atoms with E-state index in [0.29, 0.717) is 17.9 Å². The number of hydrogen-bond donors (Lipinski definition) is 2. The molecular weight excluding hydrogens is 222 g/mol. The largest absolute Gasteiger partial charge is 0.271 e. The van der Waals surface area contributed by atoms with Crippen molar-refractivity contribution in [1.29, 1.82) is 0 Å². The predicted molar refractivity (Wildman–Crippen MR) is 72.9 cm³/mol. The molecule has 1 aromatic rings. The quantitative estimate of drug-likeness (QED) is 0.635. The zero-order valence-electron chi connectivity index (χ0n) is 11.1. The third kappa shape index (κ3) is 1.95. The number of fused-ring (bicyclic) bond motifs is 1. The first-order valence-corrected chi connectivity index (χ1v) is 7.21. The van der Waals surface area contributed by atoms with Gasteiger partial charge in [-0.1, -0.05) is 25.8 Å². The van der Waals surface area contributed by atoms with Crippen LogP contribution in [0.15, 0.2) is 18.3 Å². The maximum Gasteiger partial charge on any atom is 0.0482 e. The Kier molecular flexibility index (Phi) is 3.35. The highest BCUT2D eigenvalue weighted by atomic mass is 15.2. The fourth-order valence-electron chi connectivity index (χ4n) is 4.04. The van der Waals surface area contributed by atoms with Crippen molar-refractivity contribution in [2.24, 2.45) is 17.7 Å². The van der Waals surface area contributed by atoms with E-state index in [2.05, 4.69) is 23.4 Å². The fourth-order valence-corrected chi connectivity index (χ4v) is 4.04. The van der Waals surface area contributed by atoms with Crippen molar-refractivity contribution in [2.75, 3.05) is 0 Å². The molecule has 18 heavy (non-hydrogen) atoms. The number of pyridine rings is 1. The lowest BCUT2D eigenvalue weighted by Gasteiger charge is -2.31. The number of aromatic nitrogens is 1. The molecule has 0 aliphatic heterocycles. The molecule has 3 nitrogen and oxygen atoms in total. The molecule has 0 radical (unpaired) electrons. The standard InChI is InChI=1S/C15H23N3/c1-10-4-2-6-12(10)15(18-16)13-8-7-11-5-3-9-17-14(11)13/h3,5,9-10,12-13,15,18H,2,4,6-8,16H2,1H3. The number of nitrogens with one attached hydrogen (secondary N) is 1. The summed E-state index contributed by atoms with van der Waals surface area (Å²) in [5, 5.41) is 0. The van der Waals surface area contributed by atoms with Gasteiger partial charge in [0.25, 0.3) is 0 Å². The molecular formula is C15H23N3. The van der Waals surface area contributed by atoms with Crippen LogP contribution >= 0.6 is 0 Å². The van der Waals surface area contributed by atoms with E-state index in [9.17, 15) is 0 Å². The molecule has 1 saturated carbocycles. The fraction of sp³-hybridized carbons (Fsp3) is 0.667. The first-order valence-electron chi connectivity index (χ1n) is 7.21. The van der Waals surface area contributed by atoms with E-state index < -0.39 is 0 Å². The molecule has 4 unspecified atom stereocenters. The summed E-state index contributed by atoms with van der Waals surface area (Å²) in [7, 11) is 0. The van der Waals surface area contributed by atoms with Crippen LogP contribution in [0.2, 0.25) is 0 Å². The Morgan fingerprint density at radius 2 is 2.28 bits per heavy atom. The van der Waals surface area contributed by atoms with Gasteiger partial charge in [0.2, 0.25) is 0 Å². The molecule has 0 amide bonds. The Hall–Kier alpha value is -0.930. The highest BCUT2D eigenvalue weighted by Gasteiger charge is 2.38. The third-order valence-electron chi connectivity index (χ3n) is 5.02. The van der Waals surface area contributed by atoms with Crippen LogP contribution in [0.3, 0.4) is 0 Å². The maximum atomic E-state index is 5.87. The molecule has 98 valence electrons. The number of nitrogens with two attached hydrogens (primary N) is 1. The lowest BCUT2D eigenvalue weighted by molar-refractivity contribution is 0.259. The predicted octanol–water partition coefficient (Wildman–Crippen LogP) is 2.38. The molecule has 1 fully saturated rings. The summed E-state index contributed by atoms with van der Waals surface area (Å²) in [6, 6.07) is 4.66. The topological polar surface area (TPSA) is 50.9 Å². The van der Waals surface area contributed by atoms with Crippen LogP contribution in [0.5, 0.6) is 0 Å². The van der Waals surface area contributed by atoms with Gasteiger partial charge in [0.1, 0.15) is 0 Å². The van der Waals surface area contributed by atoms with Crippen molar-refractivity contribution in [3.63, 3.8) is 0 Å². The van der Waals surface area contributed by atoms with Gasteiger partial charge in [-0.15, -0.1) is 0 Å². The van der Waals surface area contributed by atoms with Crippen molar-refractivity contribution in [1.82, 2.24) is 10.4 Å². The van der Waals surface area contributed by atoms with Crippen molar-refractivity contribution in [3.05, 3.63) is 29.6 Å². The highest BCUT2D eigenvalue weighted by molar-refractivity contribution is 5.30. The molecule has 1 aromatic heterocycles. The number of rotatable bonds is 3. The van der Waals surface area contributed by atoms with Gasteiger partial charge < -0.3 is 0 Å². The van der Waals surface area contributed by atoms with E-state index in [4.69, 9.17) is 5.84 Å². The van der Waals surface area contributed by atoms with E-state index in [1.807, 2.05) is 12.3 Å². The summed E-state index contributed by atoms with van der Waals surface area (Å²) in [6.07, 6.45) is 8.30. The minimum absolute atomic E-state index is 0.402.